The lowest BCUT2D eigenvalue weighted by Crippen LogP contribution is -2.25. The normalized spacial score (nSPS) is 10.6. The van der Waals surface area contributed by atoms with Crippen molar-refractivity contribution in [1.82, 2.24) is 15.3 Å². The number of nitrogens with one attached hydrogen (secondary N) is 2. The molecule has 0 aromatic carbocycles. The maximum Gasteiger partial charge on any atom is 0.268 e. The predicted octanol–water partition coefficient (Wildman–Crippen LogP) is 3.04. The van der Waals surface area contributed by atoms with Crippen molar-refractivity contribution in [2.75, 3.05) is 7.11 Å². The first-order valence-electron chi connectivity index (χ1n) is 8.31. The van der Waals surface area contributed by atoms with Crippen molar-refractivity contribution in [2.45, 2.75) is 47.6 Å². The Hall–Kier alpha value is -2.63. The highest BCUT2D eigenvalue weighted by Gasteiger charge is 2.21. The van der Waals surface area contributed by atoms with Crippen LogP contribution in [0.1, 0.15) is 62.8 Å². The molecule has 0 radical (unpaired) electrons. The zero-order valence-corrected chi connectivity index (χ0v) is 15.7. The molecule has 1 amide bonds. The molecule has 0 unspecified atom stereocenters. The van der Waals surface area contributed by atoms with Crippen molar-refractivity contribution in [3.8, 4) is 5.75 Å². The van der Waals surface area contributed by atoms with E-state index in [-0.39, 0.29) is 18.2 Å². The first-order valence-corrected chi connectivity index (χ1v) is 8.31. The van der Waals surface area contributed by atoms with Gasteiger partial charge in [0, 0.05) is 28.6 Å². The topological polar surface area (TPSA) is 84.1 Å². The van der Waals surface area contributed by atoms with Crippen LogP contribution in [0.2, 0.25) is 0 Å². The van der Waals surface area contributed by atoms with Crippen LogP contribution in [0.25, 0.3) is 0 Å². The van der Waals surface area contributed by atoms with Gasteiger partial charge in [-0.3, -0.25) is 14.6 Å². The number of carbonyl (C=O) groups is 2. The van der Waals surface area contributed by atoms with Gasteiger partial charge in [0.1, 0.15) is 11.4 Å². The van der Waals surface area contributed by atoms with E-state index in [9.17, 15) is 9.59 Å². The first kappa shape index (κ1) is 18.7. The fraction of sp³-hybridized carbons (Fsp3) is 0.421. The van der Waals surface area contributed by atoms with Crippen LogP contribution >= 0.6 is 0 Å². The van der Waals surface area contributed by atoms with Gasteiger partial charge < -0.3 is 15.0 Å². The van der Waals surface area contributed by atoms with E-state index in [1.807, 2.05) is 27.7 Å². The molecule has 2 N–H and O–H groups in total. The molecule has 25 heavy (non-hydrogen) atoms. The van der Waals surface area contributed by atoms with Gasteiger partial charge in [-0.05, 0) is 39.7 Å². The number of pyridine rings is 1. The molecule has 0 saturated carbocycles. The number of methoxy groups -OCH3 is 1. The molecule has 6 heteroatoms. The van der Waals surface area contributed by atoms with Gasteiger partial charge in [-0.25, -0.2) is 0 Å². The Balaban J connectivity index is 2.25. The molecular formula is C19H25N3O3. The molecule has 6 nitrogen and oxygen atoms in total. The highest BCUT2D eigenvalue weighted by molar-refractivity contribution is 6.02. The van der Waals surface area contributed by atoms with Gasteiger partial charge in [-0.1, -0.05) is 6.92 Å². The molecule has 0 saturated heterocycles. The van der Waals surface area contributed by atoms with Gasteiger partial charge in [-0.15, -0.1) is 0 Å². The fourth-order valence-electron chi connectivity index (χ4n) is 3.20. The highest BCUT2D eigenvalue weighted by atomic mass is 16.5. The summed E-state index contributed by atoms with van der Waals surface area (Å²) in [4.78, 5) is 31.9. The zero-order valence-electron chi connectivity index (χ0n) is 15.7. The average Bonchev–Trinajstić information content (AvgIpc) is 2.91. The van der Waals surface area contributed by atoms with Crippen LogP contribution < -0.4 is 10.1 Å². The number of rotatable bonds is 6. The molecule has 134 valence electrons. The number of aromatic amines is 1. The number of hydrogen-bond donors (Lipinski definition) is 2. The fourth-order valence-corrected chi connectivity index (χ4v) is 3.20. The number of aryl methyl sites for hydroxylation is 2. The van der Waals surface area contributed by atoms with Gasteiger partial charge in [0.15, 0.2) is 5.78 Å². The van der Waals surface area contributed by atoms with E-state index >= 15 is 0 Å². The van der Waals surface area contributed by atoms with Crippen LogP contribution in [-0.2, 0) is 13.0 Å². The van der Waals surface area contributed by atoms with Crippen LogP contribution in [0.3, 0.4) is 0 Å². The summed E-state index contributed by atoms with van der Waals surface area (Å²) in [5.74, 6) is 0.502. The molecule has 0 bridgehead atoms. The van der Waals surface area contributed by atoms with Crippen LogP contribution in [0, 0.1) is 20.8 Å². The van der Waals surface area contributed by atoms with Gasteiger partial charge in [0.2, 0.25) is 0 Å². The first-order chi connectivity index (χ1) is 11.8. The molecule has 2 rings (SSSR count). The second-order valence-electron chi connectivity index (χ2n) is 6.12. The van der Waals surface area contributed by atoms with E-state index in [1.54, 1.807) is 13.3 Å². The number of amides is 1. The van der Waals surface area contributed by atoms with Crippen molar-refractivity contribution >= 4 is 11.7 Å². The Morgan fingerprint density at radius 2 is 1.96 bits per heavy atom. The predicted molar refractivity (Wildman–Crippen MR) is 96.3 cm³/mol. The number of carbonyl (C=O) groups excluding carboxylic acids is 2. The number of nitrogens with zero attached hydrogens (tertiary/aromatic N) is 1. The molecule has 0 aliphatic carbocycles. The highest BCUT2D eigenvalue weighted by Crippen LogP contribution is 2.24. The van der Waals surface area contributed by atoms with Crippen LogP contribution in [0.4, 0.5) is 0 Å². The largest absolute Gasteiger partial charge is 0.496 e. The molecular weight excluding hydrogens is 318 g/mol. The number of Topliss-reactive ketones (excluding diaryl/α,β-unsaturated/α-hetero) is 1. The number of H-pyrrole nitrogens is 1. The van der Waals surface area contributed by atoms with Gasteiger partial charge in [0.25, 0.3) is 5.91 Å². The Labute approximate surface area is 148 Å². The minimum absolute atomic E-state index is 0.0366. The van der Waals surface area contributed by atoms with Crippen LogP contribution in [0.5, 0.6) is 5.75 Å². The molecule has 2 aromatic heterocycles. The Morgan fingerprint density at radius 3 is 2.52 bits per heavy atom. The number of ether oxygens (including phenoxy) is 1. The van der Waals surface area contributed by atoms with Crippen LogP contribution in [0.15, 0.2) is 6.20 Å². The maximum absolute atomic E-state index is 12.6. The summed E-state index contributed by atoms with van der Waals surface area (Å²) in [5, 5.41) is 2.88. The minimum atomic E-state index is -0.242. The van der Waals surface area contributed by atoms with E-state index in [4.69, 9.17) is 4.74 Å². The summed E-state index contributed by atoms with van der Waals surface area (Å²) in [6.07, 6.45) is 2.34. The second-order valence-corrected chi connectivity index (χ2v) is 6.12. The monoisotopic (exact) mass is 343 g/mol. The zero-order chi connectivity index (χ0) is 18.7. The molecule has 0 aliphatic rings. The Morgan fingerprint density at radius 1 is 1.28 bits per heavy atom. The summed E-state index contributed by atoms with van der Waals surface area (Å²) in [7, 11) is 1.62. The van der Waals surface area contributed by atoms with Crippen molar-refractivity contribution in [1.29, 1.82) is 0 Å². The van der Waals surface area contributed by atoms with E-state index in [0.717, 1.165) is 33.8 Å². The summed E-state index contributed by atoms with van der Waals surface area (Å²) in [5.41, 5.74) is 5.15. The van der Waals surface area contributed by atoms with E-state index in [2.05, 4.69) is 15.3 Å². The summed E-state index contributed by atoms with van der Waals surface area (Å²) >= 11 is 0. The van der Waals surface area contributed by atoms with Gasteiger partial charge in [0.05, 0.1) is 19.3 Å². The second kappa shape index (κ2) is 7.51. The Kier molecular flexibility index (Phi) is 5.62. The summed E-state index contributed by atoms with van der Waals surface area (Å²) < 4.78 is 5.39. The lowest BCUT2D eigenvalue weighted by atomic mass is 10.0. The lowest BCUT2D eigenvalue weighted by Gasteiger charge is -2.13. The van der Waals surface area contributed by atoms with Crippen molar-refractivity contribution in [3.63, 3.8) is 0 Å². The quantitative estimate of drug-likeness (QED) is 0.790. The third-order valence-corrected chi connectivity index (χ3v) is 4.39. The molecule has 0 fully saturated rings. The van der Waals surface area contributed by atoms with E-state index in [0.29, 0.717) is 17.7 Å². The SMILES string of the molecule is CCc1c(C(=O)NCc2ncc(C)c(OC)c2C)[nH]c(C)c1C(C)=O. The minimum Gasteiger partial charge on any atom is -0.496 e. The Bertz CT molecular complexity index is 822. The smallest absolute Gasteiger partial charge is 0.268 e. The third-order valence-electron chi connectivity index (χ3n) is 4.39. The van der Waals surface area contributed by atoms with Gasteiger partial charge >= 0.3 is 0 Å². The third kappa shape index (κ3) is 3.57. The van der Waals surface area contributed by atoms with Crippen LogP contribution in [-0.4, -0.2) is 28.8 Å². The molecule has 0 spiro atoms. The van der Waals surface area contributed by atoms with Crippen molar-refractivity contribution in [2.24, 2.45) is 0 Å². The number of aromatic nitrogens is 2. The number of ketones is 1. The standard InChI is InChI=1S/C19H25N3O3/c1-7-14-16(13(5)23)12(4)22-17(14)19(24)21-9-15-11(3)18(25-6)10(2)8-20-15/h8,22H,7,9H2,1-6H3,(H,21,24). The van der Waals surface area contributed by atoms with E-state index in [1.165, 1.54) is 6.92 Å². The average molecular weight is 343 g/mol. The lowest BCUT2D eigenvalue weighted by molar-refractivity contribution is 0.0944. The van der Waals surface area contributed by atoms with E-state index < -0.39 is 0 Å². The molecule has 0 aliphatic heterocycles. The molecule has 2 heterocycles. The van der Waals surface area contributed by atoms with Crippen molar-refractivity contribution in [3.05, 3.63) is 45.5 Å². The molecule has 2 aromatic rings. The maximum atomic E-state index is 12.6. The number of hydrogen-bond acceptors (Lipinski definition) is 4. The summed E-state index contributed by atoms with van der Waals surface area (Å²) in [6.45, 7) is 9.40. The van der Waals surface area contributed by atoms with Gasteiger partial charge in [-0.2, -0.15) is 0 Å². The molecule has 0 atom stereocenters. The summed E-state index contributed by atoms with van der Waals surface area (Å²) in [6, 6.07) is 0. The van der Waals surface area contributed by atoms with Crippen molar-refractivity contribution < 1.29 is 14.3 Å².